The van der Waals surface area contributed by atoms with Gasteiger partial charge in [0.05, 0.1) is 5.56 Å². The van der Waals surface area contributed by atoms with Crippen molar-refractivity contribution in [3.8, 4) is 0 Å². The molecule has 3 aromatic carbocycles. The van der Waals surface area contributed by atoms with Crippen molar-refractivity contribution in [2.45, 2.75) is 0 Å². The second-order valence-corrected chi connectivity index (χ2v) is 6.44. The van der Waals surface area contributed by atoms with Crippen LogP contribution in [-0.4, -0.2) is 29.9 Å². The van der Waals surface area contributed by atoms with Gasteiger partial charge in [-0.2, -0.15) is 0 Å². The lowest BCUT2D eigenvalue weighted by molar-refractivity contribution is 0.0472. The number of Topliss-reactive ketones (excluding diaryl/α,β-unsaturated/α-hetero) is 1. The van der Waals surface area contributed by atoms with Gasteiger partial charge in [0.1, 0.15) is 5.82 Å². The fourth-order valence-corrected chi connectivity index (χ4v) is 3.27. The summed E-state index contributed by atoms with van der Waals surface area (Å²) in [5, 5.41) is 0. The van der Waals surface area contributed by atoms with Crippen LogP contribution < -0.4 is 0 Å². The van der Waals surface area contributed by atoms with Crippen molar-refractivity contribution < 1.29 is 28.3 Å². The second kappa shape index (κ2) is 7.24. The Morgan fingerprint density at radius 3 is 2.17 bits per heavy atom. The molecule has 4 rings (SSSR count). The Morgan fingerprint density at radius 2 is 1.45 bits per heavy atom. The highest BCUT2D eigenvalue weighted by atomic mass is 19.1. The molecule has 3 aromatic rings. The van der Waals surface area contributed by atoms with Crippen LogP contribution in [0.15, 0.2) is 66.7 Å². The predicted octanol–water partition coefficient (Wildman–Crippen LogP) is 3.64. The van der Waals surface area contributed by atoms with E-state index in [0.717, 1.165) is 6.07 Å². The molecule has 29 heavy (non-hydrogen) atoms. The van der Waals surface area contributed by atoms with Gasteiger partial charge >= 0.3 is 5.97 Å². The number of benzene rings is 3. The minimum atomic E-state index is -0.910. The number of carbonyl (C=O) groups is 4. The summed E-state index contributed by atoms with van der Waals surface area (Å²) in [6.45, 7) is -0.620. The Hall–Kier alpha value is -3.93. The molecule has 0 radical (unpaired) electrons. The molecule has 1 aliphatic rings. The van der Waals surface area contributed by atoms with E-state index >= 15 is 0 Å². The van der Waals surface area contributed by atoms with E-state index in [9.17, 15) is 23.6 Å². The molecule has 0 saturated carbocycles. The van der Waals surface area contributed by atoms with E-state index in [4.69, 9.17) is 4.74 Å². The maximum atomic E-state index is 13.3. The highest BCUT2D eigenvalue weighted by Gasteiger charge is 2.33. The lowest BCUT2D eigenvalue weighted by Crippen LogP contribution is -2.25. The van der Waals surface area contributed by atoms with Gasteiger partial charge in [0.25, 0.3) is 0 Å². The van der Waals surface area contributed by atoms with E-state index < -0.39 is 30.0 Å². The first-order valence-corrected chi connectivity index (χ1v) is 8.74. The zero-order valence-corrected chi connectivity index (χ0v) is 15.0. The summed E-state index contributed by atoms with van der Waals surface area (Å²) in [6.07, 6.45) is 0. The number of rotatable bonds is 4. The fourth-order valence-electron chi connectivity index (χ4n) is 3.27. The van der Waals surface area contributed by atoms with Crippen molar-refractivity contribution >= 4 is 23.3 Å². The van der Waals surface area contributed by atoms with Crippen molar-refractivity contribution in [2.75, 3.05) is 6.61 Å². The quantitative estimate of drug-likeness (QED) is 0.394. The summed E-state index contributed by atoms with van der Waals surface area (Å²) in [7, 11) is 0. The first-order valence-electron chi connectivity index (χ1n) is 8.74. The Labute approximate surface area is 164 Å². The van der Waals surface area contributed by atoms with Crippen LogP contribution in [0.1, 0.15) is 52.6 Å². The highest BCUT2D eigenvalue weighted by Crippen LogP contribution is 2.29. The zero-order chi connectivity index (χ0) is 20.5. The summed E-state index contributed by atoms with van der Waals surface area (Å²) in [5.74, 6) is -2.90. The minimum absolute atomic E-state index is 0.0422. The summed E-state index contributed by atoms with van der Waals surface area (Å²) < 4.78 is 18.3. The van der Waals surface area contributed by atoms with Gasteiger partial charge in [-0.15, -0.1) is 0 Å². The summed E-state index contributed by atoms with van der Waals surface area (Å²) in [4.78, 5) is 50.3. The number of esters is 1. The lowest BCUT2D eigenvalue weighted by Gasteiger charge is -2.19. The molecule has 0 spiro atoms. The normalized spacial score (nSPS) is 12.2. The third-order valence-electron chi connectivity index (χ3n) is 4.65. The molecular weight excluding hydrogens is 375 g/mol. The molecule has 6 heteroatoms. The summed E-state index contributed by atoms with van der Waals surface area (Å²) >= 11 is 0. The van der Waals surface area contributed by atoms with Crippen LogP contribution >= 0.6 is 0 Å². The molecule has 0 N–H and O–H groups in total. The van der Waals surface area contributed by atoms with Crippen molar-refractivity contribution in [1.82, 2.24) is 0 Å². The van der Waals surface area contributed by atoms with Gasteiger partial charge in [-0.1, -0.05) is 48.5 Å². The molecule has 142 valence electrons. The van der Waals surface area contributed by atoms with Gasteiger partial charge < -0.3 is 4.74 Å². The molecule has 0 heterocycles. The molecule has 5 nitrogen and oxygen atoms in total. The number of carbonyl (C=O) groups excluding carboxylic acids is 4. The number of ether oxygens (including phenoxy) is 1. The van der Waals surface area contributed by atoms with E-state index in [1.165, 1.54) is 42.5 Å². The Morgan fingerprint density at radius 1 is 0.793 bits per heavy atom. The van der Waals surface area contributed by atoms with E-state index in [0.29, 0.717) is 0 Å². The largest absolute Gasteiger partial charge is 0.454 e. The standard InChI is InChI=1S/C23H13FO5/c24-14-6-3-5-13(11-14)19(25)12-29-23(28)18-10-4-9-17-20(18)22(27)16-8-2-1-7-15(16)21(17)26/h1-11H,12H2. The maximum absolute atomic E-state index is 13.3. The average molecular weight is 388 g/mol. The van der Waals surface area contributed by atoms with Gasteiger partial charge in [-0.3, -0.25) is 14.4 Å². The molecule has 0 atom stereocenters. The number of halogens is 1. The SMILES string of the molecule is O=C(COC(=O)c1cccc2c1C(=O)c1ccccc1C2=O)c1cccc(F)c1. The fraction of sp³-hybridized carbons (Fsp3) is 0.0435. The molecule has 0 aliphatic heterocycles. The zero-order valence-electron chi connectivity index (χ0n) is 15.0. The Kier molecular flexibility index (Phi) is 4.60. The molecule has 0 aromatic heterocycles. The van der Waals surface area contributed by atoms with Gasteiger partial charge in [0, 0.05) is 27.8 Å². The van der Waals surface area contributed by atoms with E-state index in [1.807, 2.05) is 0 Å². The maximum Gasteiger partial charge on any atom is 0.339 e. The van der Waals surface area contributed by atoms with Crippen LogP contribution in [0.25, 0.3) is 0 Å². The Bertz CT molecular complexity index is 1200. The second-order valence-electron chi connectivity index (χ2n) is 6.44. The summed E-state index contributed by atoms with van der Waals surface area (Å²) in [5.41, 5.74) is 0.521. The molecule has 0 saturated heterocycles. The van der Waals surface area contributed by atoms with Gasteiger partial charge in [0.2, 0.25) is 0 Å². The molecule has 0 unspecified atom stereocenters. The number of ketones is 3. The van der Waals surface area contributed by atoms with Crippen molar-refractivity contribution in [3.63, 3.8) is 0 Å². The molecule has 0 fully saturated rings. The lowest BCUT2D eigenvalue weighted by atomic mass is 9.82. The average Bonchev–Trinajstić information content (AvgIpc) is 2.75. The Balaban J connectivity index is 1.62. The van der Waals surface area contributed by atoms with E-state index in [-0.39, 0.29) is 39.2 Å². The predicted molar refractivity (Wildman–Crippen MR) is 101 cm³/mol. The van der Waals surface area contributed by atoms with Crippen LogP contribution in [-0.2, 0) is 4.74 Å². The van der Waals surface area contributed by atoms with Gasteiger partial charge in [-0.25, -0.2) is 9.18 Å². The van der Waals surface area contributed by atoms with Crippen LogP contribution in [0.2, 0.25) is 0 Å². The van der Waals surface area contributed by atoms with Crippen molar-refractivity contribution in [3.05, 3.63) is 106 Å². The van der Waals surface area contributed by atoms with Crippen LogP contribution in [0.5, 0.6) is 0 Å². The van der Waals surface area contributed by atoms with Crippen molar-refractivity contribution in [2.24, 2.45) is 0 Å². The topological polar surface area (TPSA) is 77.5 Å². The number of hydrogen-bond acceptors (Lipinski definition) is 5. The van der Waals surface area contributed by atoms with Gasteiger partial charge in [-0.05, 0) is 18.2 Å². The first kappa shape index (κ1) is 18.4. The van der Waals surface area contributed by atoms with E-state index in [2.05, 4.69) is 0 Å². The molecular formula is C23H13FO5. The van der Waals surface area contributed by atoms with Crippen LogP contribution in [0, 0.1) is 5.82 Å². The number of fused-ring (bicyclic) bond motifs is 2. The smallest absolute Gasteiger partial charge is 0.339 e. The molecule has 1 aliphatic carbocycles. The van der Waals surface area contributed by atoms with Crippen molar-refractivity contribution in [1.29, 1.82) is 0 Å². The van der Waals surface area contributed by atoms with Crippen LogP contribution in [0.4, 0.5) is 4.39 Å². The third-order valence-corrected chi connectivity index (χ3v) is 4.65. The van der Waals surface area contributed by atoms with Gasteiger partial charge in [0.15, 0.2) is 24.0 Å². The third kappa shape index (κ3) is 3.25. The number of hydrogen-bond donors (Lipinski definition) is 0. The highest BCUT2D eigenvalue weighted by molar-refractivity contribution is 6.30. The van der Waals surface area contributed by atoms with Crippen LogP contribution in [0.3, 0.4) is 0 Å². The molecule has 0 amide bonds. The minimum Gasteiger partial charge on any atom is -0.454 e. The van der Waals surface area contributed by atoms with E-state index in [1.54, 1.807) is 18.2 Å². The first-order chi connectivity index (χ1) is 14.0. The summed E-state index contributed by atoms with van der Waals surface area (Å²) in [6, 6.07) is 15.7. The molecule has 0 bridgehead atoms. The monoisotopic (exact) mass is 388 g/mol.